The maximum atomic E-state index is 12.9. The van der Waals surface area contributed by atoms with Gasteiger partial charge in [0.25, 0.3) is 5.91 Å². The number of benzene rings is 3. The molecule has 1 amide bonds. The van der Waals surface area contributed by atoms with Crippen LogP contribution in [0.2, 0.25) is 0 Å². The van der Waals surface area contributed by atoms with Crippen molar-refractivity contribution in [1.82, 2.24) is 10.3 Å². The summed E-state index contributed by atoms with van der Waals surface area (Å²) in [6.07, 6.45) is 7.54. The molecule has 37 heavy (non-hydrogen) atoms. The number of nitrogens with zero attached hydrogens (tertiary/aromatic N) is 2. The minimum Gasteiger partial charge on any atom is -0.394 e. The van der Waals surface area contributed by atoms with E-state index in [9.17, 15) is 4.79 Å². The first-order chi connectivity index (χ1) is 18.0. The van der Waals surface area contributed by atoms with Crippen LogP contribution in [0.1, 0.15) is 17.3 Å². The second kappa shape index (κ2) is 11.8. The maximum absolute atomic E-state index is 12.9. The standard InChI is InChI=1S/C30H32N6O/c1-5-22(15-17-31-2)33-25-8-6-7-21(19-25)30(37)35-24-11-9-23(10-12-24)34-29-16-18-32-28-14-13-26(36(3)4)20-27(28)29/h5-20,31,33H,1-4H3,(H,32,34)(H,35,37)/b17-15-,22-5+. The molecule has 1 aromatic heterocycles. The number of fused-ring (bicyclic) bond motifs is 1. The van der Waals surface area contributed by atoms with E-state index in [0.717, 1.165) is 45.0 Å². The Balaban J connectivity index is 1.45. The van der Waals surface area contributed by atoms with Crippen molar-refractivity contribution in [1.29, 1.82) is 0 Å². The number of pyridine rings is 1. The van der Waals surface area contributed by atoms with E-state index < -0.39 is 0 Å². The van der Waals surface area contributed by atoms with Crippen molar-refractivity contribution in [3.05, 3.63) is 109 Å². The fourth-order valence-electron chi connectivity index (χ4n) is 3.81. The smallest absolute Gasteiger partial charge is 0.255 e. The van der Waals surface area contributed by atoms with Gasteiger partial charge in [0.1, 0.15) is 0 Å². The van der Waals surface area contributed by atoms with Gasteiger partial charge in [-0.25, -0.2) is 0 Å². The summed E-state index contributed by atoms with van der Waals surface area (Å²) in [7, 11) is 5.89. The number of amides is 1. The molecule has 4 rings (SSSR count). The second-order valence-electron chi connectivity index (χ2n) is 8.68. The zero-order valence-corrected chi connectivity index (χ0v) is 21.5. The molecule has 0 unspecified atom stereocenters. The van der Waals surface area contributed by atoms with Gasteiger partial charge in [0.2, 0.25) is 0 Å². The van der Waals surface area contributed by atoms with E-state index in [-0.39, 0.29) is 5.91 Å². The molecule has 0 aliphatic heterocycles. The first-order valence-electron chi connectivity index (χ1n) is 12.1. The van der Waals surface area contributed by atoms with E-state index in [1.165, 1.54) is 0 Å². The van der Waals surface area contributed by atoms with E-state index >= 15 is 0 Å². The highest BCUT2D eigenvalue weighted by atomic mass is 16.1. The molecule has 0 aliphatic rings. The third kappa shape index (κ3) is 6.46. The quantitative estimate of drug-likeness (QED) is 0.204. The van der Waals surface area contributed by atoms with Crippen molar-refractivity contribution < 1.29 is 4.79 Å². The van der Waals surface area contributed by atoms with Crippen LogP contribution < -0.4 is 26.2 Å². The van der Waals surface area contributed by atoms with Crippen LogP contribution in [-0.2, 0) is 0 Å². The zero-order chi connectivity index (χ0) is 26.2. The lowest BCUT2D eigenvalue weighted by Crippen LogP contribution is -2.12. The first kappa shape index (κ1) is 25.3. The number of aromatic nitrogens is 1. The van der Waals surface area contributed by atoms with Gasteiger partial charge in [0.05, 0.1) is 5.52 Å². The second-order valence-corrected chi connectivity index (χ2v) is 8.68. The Labute approximate surface area is 217 Å². The number of carbonyl (C=O) groups is 1. The largest absolute Gasteiger partial charge is 0.394 e. The van der Waals surface area contributed by atoms with Crippen molar-refractivity contribution in [2.75, 3.05) is 42.0 Å². The van der Waals surface area contributed by atoms with Gasteiger partial charge >= 0.3 is 0 Å². The van der Waals surface area contributed by atoms with Crippen LogP contribution in [0.5, 0.6) is 0 Å². The monoisotopic (exact) mass is 492 g/mol. The van der Waals surface area contributed by atoms with E-state index in [4.69, 9.17) is 0 Å². The molecular weight excluding hydrogens is 460 g/mol. The molecular formula is C30H32N6O. The molecule has 188 valence electrons. The molecule has 0 fully saturated rings. The lowest BCUT2D eigenvalue weighted by Gasteiger charge is -2.15. The Hall–Kier alpha value is -4.78. The molecule has 7 heteroatoms. The molecule has 0 saturated heterocycles. The van der Waals surface area contributed by atoms with Gasteiger partial charge in [0.15, 0.2) is 0 Å². The summed E-state index contributed by atoms with van der Waals surface area (Å²) in [5.41, 5.74) is 6.97. The number of rotatable bonds is 9. The van der Waals surface area contributed by atoms with Crippen LogP contribution in [0, 0.1) is 0 Å². The van der Waals surface area contributed by atoms with E-state index in [2.05, 4.69) is 43.3 Å². The van der Waals surface area contributed by atoms with Crippen LogP contribution >= 0.6 is 0 Å². The van der Waals surface area contributed by atoms with Gasteiger partial charge in [-0.15, -0.1) is 0 Å². The van der Waals surface area contributed by atoms with Crippen molar-refractivity contribution in [2.24, 2.45) is 0 Å². The molecule has 0 saturated carbocycles. The zero-order valence-electron chi connectivity index (χ0n) is 21.5. The van der Waals surface area contributed by atoms with Crippen molar-refractivity contribution >= 4 is 45.2 Å². The topological polar surface area (TPSA) is 81.3 Å². The minimum absolute atomic E-state index is 0.173. The Morgan fingerprint density at radius 1 is 0.892 bits per heavy atom. The summed E-state index contributed by atoms with van der Waals surface area (Å²) >= 11 is 0. The molecule has 0 bridgehead atoms. The van der Waals surface area contributed by atoms with Gasteiger partial charge in [-0.3, -0.25) is 9.78 Å². The molecule has 0 spiro atoms. The summed E-state index contributed by atoms with van der Waals surface area (Å²) in [5, 5.41) is 13.8. The van der Waals surface area contributed by atoms with Crippen molar-refractivity contribution in [2.45, 2.75) is 6.92 Å². The van der Waals surface area contributed by atoms with Gasteiger partial charge < -0.3 is 26.2 Å². The summed E-state index contributed by atoms with van der Waals surface area (Å²) < 4.78 is 0. The number of hydrogen-bond acceptors (Lipinski definition) is 6. The molecule has 7 nitrogen and oxygen atoms in total. The normalized spacial score (nSPS) is 11.4. The summed E-state index contributed by atoms with van der Waals surface area (Å²) in [5.74, 6) is -0.173. The van der Waals surface area contributed by atoms with E-state index in [1.807, 2.05) is 101 Å². The van der Waals surface area contributed by atoms with Gasteiger partial charge in [-0.1, -0.05) is 12.1 Å². The number of anilines is 5. The molecule has 0 radical (unpaired) electrons. The number of allylic oxidation sites excluding steroid dienone is 2. The average Bonchev–Trinajstić information content (AvgIpc) is 2.92. The Morgan fingerprint density at radius 3 is 2.41 bits per heavy atom. The highest BCUT2D eigenvalue weighted by Crippen LogP contribution is 2.29. The van der Waals surface area contributed by atoms with Gasteiger partial charge in [0, 0.05) is 72.4 Å². The summed E-state index contributed by atoms with van der Waals surface area (Å²) in [6, 6.07) is 23.3. The molecule has 0 atom stereocenters. The van der Waals surface area contributed by atoms with Crippen LogP contribution in [-0.4, -0.2) is 32.0 Å². The first-order valence-corrected chi connectivity index (χ1v) is 12.1. The van der Waals surface area contributed by atoms with E-state index in [0.29, 0.717) is 5.56 Å². The Kier molecular flexibility index (Phi) is 8.05. The van der Waals surface area contributed by atoms with Gasteiger partial charge in [-0.05, 0) is 85.9 Å². The van der Waals surface area contributed by atoms with E-state index in [1.54, 1.807) is 12.3 Å². The molecule has 4 aromatic rings. The number of hydrogen-bond donors (Lipinski definition) is 4. The lowest BCUT2D eigenvalue weighted by molar-refractivity contribution is 0.102. The SMILES string of the molecule is C/C=C(\C=C/NC)Nc1cccc(C(=O)Nc2ccc(Nc3ccnc4ccc(N(C)C)cc34)cc2)c1. The number of carbonyl (C=O) groups excluding carboxylic acids is 1. The number of nitrogens with one attached hydrogen (secondary N) is 4. The predicted molar refractivity (Wildman–Crippen MR) is 156 cm³/mol. The van der Waals surface area contributed by atoms with Gasteiger partial charge in [-0.2, -0.15) is 0 Å². The summed E-state index contributed by atoms with van der Waals surface area (Å²) in [6.45, 7) is 1.95. The fourth-order valence-corrected chi connectivity index (χ4v) is 3.81. The predicted octanol–water partition coefficient (Wildman–Crippen LogP) is 6.35. The molecule has 4 N–H and O–H groups in total. The third-order valence-corrected chi connectivity index (χ3v) is 5.82. The highest BCUT2D eigenvalue weighted by Gasteiger charge is 2.09. The van der Waals surface area contributed by atoms with Crippen molar-refractivity contribution in [3.8, 4) is 0 Å². The van der Waals surface area contributed by atoms with Crippen LogP contribution in [0.25, 0.3) is 10.9 Å². The minimum atomic E-state index is -0.173. The third-order valence-electron chi connectivity index (χ3n) is 5.82. The van der Waals surface area contributed by atoms with Crippen molar-refractivity contribution in [3.63, 3.8) is 0 Å². The lowest BCUT2D eigenvalue weighted by atomic mass is 10.1. The molecule has 1 heterocycles. The van der Waals surface area contributed by atoms with Crippen LogP contribution in [0.3, 0.4) is 0 Å². The van der Waals surface area contributed by atoms with Crippen LogP contribution in [0.4, 0.5) is 28.4 Å². The summed E-state index contributed by atoms with van der Waals surface area (Å²) in [4.78, 5) is 19.4. The Morgan fingerprint density at radius 2 is 1.68 bits per heavy atom. The Bertz CT molecular complexity index is 1440. The molecule has 3 aromatic carbocycles. The molecule has 0 aliphatic carbocycles. The average molecular weight is 493 g/mol. The highest BCUT2D eigenvalue weighted by molar-refractivity contribution is 6.05. The maximum Gasteiger partial charge on any atom is 0.255 e. The van der Waals surface area contributed by atoms with Crippen LogP contribution in [0.15, 0.2) is 103 Å². The fraction of sp³-hybridized carbons (Fsp3) is 0.133.